The number of rotatable bonds is 2. The molecule has 1 fully saturated rings. The number of aromatic nitrogens is 2. The van der Waals surface area contributed by atoms with Gasteiger partial charge in [0.1, 0.15) is 5.82 Å². The molecule has 2 aromatic carbocycles. The predicted molar refractivity (Wildman–Crippen MR) is 107 cm³/mol. The third-order valence-corrected chi connectivity index (χ3v) is 5.70. The highest BCUT2D eigenvalue weighted by Crippen LogP contribution is 2.46. The molecule has 1 aliphatic heterocycles. The molecular weight excluding hydrogens is 340 g/mol. The fraction of sp³-hybridized carbons (Fsp3) is 0.174. The van der Waals surface area contributed by atoms with E-state index in [1.165, 1.54) is 28.0 Å². The number of allylic oxidation sites excluding steroid dienone is 2. The lowest BCUT2D eigenvalue weighted by atomic mass is 9.90. The second kappa shape index (κ2) is 6.00. The summed E-state index contributed by atoms with van der Waals surface area (Å²) in [6.07, 6.45) is 5.05. The average Bonchev–Trinajstić information content (AvgIpc) is 3.23. The summed E-state index contributed by atoms with van der Waals surface area (Å²) in [5.74, 6) is 1.66. The van der Waals surface area contributed by atoms with Crippen molar-refractivity contribution in [1.29, 1.82) is 0 Å². The molecule has 1 saturated carbocycles. The number of hydrogen-bond donors (Lipinski definition) is 0. The minimum absolute atomic E-state index is 0.520. The summed E-state index contributed by atoms with van der Waals surface area (Å²) in [7, 11) is 0. The van der Waals surface area contributed by atoms with Gasteiger partial charge in [0.05, 0.1) is 17.6 Å². The van der Waals surface area contributed by atoms with E-state index in [0.29, 0.717) is 5.92 Å². The Bertz CT molecular complexity index is 1030. The van der Waals surface area contributed by atoms with Crippen LogP contribution in [0, 0.1) is 5.92 Å². The van der Waals surface area contributed by atoms with Gasteiger partial charge in [-0.05, 0) is 42.0 Å². The molecule has 2 aliphatic rings. The van der Waals surface area contributed by atoms with Crippen LogP contribution in [0.2, 0.25) is 5.02 Å². The maximum absolute atomic E-state index is 6.14. The van der Waals surface area contributed by atoms with Gasteiger partial charge < -0.3 is 0 Å². The average molecular weight is 359 g/mol. The smallest absolute Gasteiger partial charge is 0.114 e. The van der Waals surface area contributed by atoms with Crippen LogP contribution in [-0.4, -0.2) is 9.55 Å². The molecule has 26 heavy (non-hydrogen) atoms. The fourth-order valence-electron chi connectivity index (χ4n) is 4.31. The molecule has 2 heterocycles. The van der Waals surface area contributed by atoms with Crippen LogP contribution in [0.5, 0.6) is 0 Å². The summed E-state index contributed by atoms with van der Waals surface area (Å²) in [5.41, 5.74) is 7.61. The van der Waals surface area contributed by atoms with Crippen LogP contribution in [0.25, 0.3) is 17.0 Å². The quantitative estimate of drug-likeness (QED) is 0.515. The lowest BCUT2D eigenvalue weighted by Crippen LogP contribution is -2.19. The van der Waals surface area contributed by atoms with E-state index in [-0.39, 0.29) is 0 Å². The van der Waals surface area contributed by atoms with Crippen LogP contribution in [0.3, 0.4) is 0 Å². The van der Waals surface area contributed by atoms with Gasteiger partial charge in [0.15, 0.2) is 0 Å². The van der Waals surface area contributed by atoms with Gasteiger partial charge in [-0.3, -0.25) is 4.57 Å². The highest BCUT2D eigenvalue weighted by molar-refractivity contribution is 6.30. The molecule has 0 amide bonds. The molecular formula is C23H19ClN2. The molecule has 0 bridgehead atoms. The van der Waals surface area contributed by atoms with E-state index in [4.69, 9.17) is 16.6 Å². The number of nitrogens with zero attached hydrogens (tertiary/aromatic N) is 2. The number of halogens is 1. The Morgan fingerprint density at radius 1 is 0.962 bits per heavy atom. The van der Waals surface area contributed by atoms with Gasteiger partial charge in [0.25, 0.3) is 0 Å². The van der Waals surface area contributed by atoms with Crippen molar-refractivity contribution in [3.63, 3.8) is 0 Å². The Kier molecular flexibility index (Phi) is 3.61. The van der Waals surface area contributed by atoms with Crippen LogP contribution >= 0.6 is 11.6 Å². The van der Waals surface area contributed by atoms with Crippen LogP contribution < -0.4 is 0 Å². The van der Waals surface area contributed by atoms with E-state index in [1.807, 2.05) is 24.4 Å². The first-order chi connectivity index (χ1) is 12.7. The number of benzene rings is 2. The van der Waals surface area contributed by atoms with Crippen molar-refractivity contribution in [3.05, 3.63) is 94.9 Å². The van der Waals surface area contributed by atoms with E-state index in [0.717, 1.165) is 35.8 Å². The van der Waals surface area contributed by atoms with Crippen LogP contribution in [0.4, 0.5) is 0 Å². The SMILES string of the molecule is C=C1CC2=C(c3ccc(Cl)cc3)n3c(-c4ccccc4)cnc3CC2C1. The van der Waals surface area contributed by atoms with Crippen LogP contribution in [0.1, 0.15) is 24.2 Å². The number of hydrogen-bond acceptors (Lipinski definition) is 1. The Balaban J connectivity index is 1.77. The summed E-state index contributed by atoms with van der Waals surface area (Å²) in [4.78, 5) is 4.78. The molecule has 1 atom stereocenters. The molecule has 0 radical (unpaired) electrons. The highest BCUT2D eigenvalue weighted by atomic mass is 35.5. The molecule has 128 valence electrons. The number of imidazole rings is 1. The zero-order chi connectivity index (χ0) is 17.7. The first-order valence-corrected chi connectivity index (χ1v) is 9.36. The third-order valence-electron chi connectivity index (χ3n) is 5.45. The summed E-state index contributed by atoms with van der Waals surface area (Å²) in [5, 5.41) is 0.761. The molecule has 1 aromatic heterocycles. The number of fused-ring (bicyclic) bond motifs is 2. The minimum Gasteiger partial charge on any atom is -0.296 e. The van der Waals surface area contributed by atoms with Crippen molar-refractivity contribution in [3.8, 4) is 11.3 Å². The molecule has 3 heteroatoms. The molecule has 2 nitrogen and oxygen atoms in total. The van der Waals surface area contributed by atoms with Crippen molar-refractivity contribution >= 4 is 17.3 Å². The van der Waals surface area contributed by atoms with Gasteiger partial charge in [-0.2, -0.15) is 0 Å². The van der Waals surface area contributed by atoms with E-state index < -0.39 is 0 Å². The Labute approximate surface area is 158 Å². The van der Waals surface area contributed by atoms with Gasteiger partial charge in [0, 0.05) is 17.0 Å². The minimum atomic E-state index is 0.520. The Morgan fingerprint density at radius 3 is 2.50 bits per heavy atom. The normalized spacial score (nSPS) is 18.8. The van der Waals surface area contributed by atoms with Crippen molar-refractivity contribution in [2.75, 3.05) is 0 Å². The maximum Gasteiger partial charge on any atom is 0.114 e. The second-order valence-electron chi connectivity index (χ2n) is 7.17. The van der Waals surface area contributed by atoms with Crippen LogP contribution in [-0.2, 0) is 6.42 Å². The van der Waals surface area contributed by atoms with E-state index in [9.17, 15) is 0 Å². The molecule has 0 saturated heterocycles. The Hall–Kier alpha value is -2.58. The topological polar surface area (TPSA) is 17.8 Å². The molecule has 3 aromatic rings. The lowest BCUT2D eigenvalue weighted by molar-refractivity contribution is 0.600. The van der Waals surface area contributed by atoms with Crippen molar-refractivity contribution in [1.82, 2.24) is 9.55 Å². The molecule has 1 unspecified atom stereocenters. The summed E-state index contributed by atoms with van der Waals surface area (Å²) < 4.78 is 2.35. The molecule has 0 N–H and O–H groups in total. The van der Waals surface area contributed by atoms with Crippen molar-refractivity contribution < 1.29 is 0 Å². The zero-order valence-corrected chi connectivity index (χ0v) is 15.2. The van der Waals surface area contributed by atoms with Gasteiger partial charge in [0.2, 0.25) is 0 Å². The summed E-state index contributed by atoms with van der Waals surface area (Å²) >= 11 is 6.14. The first kappa shape index (κ1) is 15.7. The predicted octanol–water partition coefficient (Wildman–Crippen LogP) is 5.99. The largest absolute Gasteiger partial charge is 0.296 e. The van der Waals surface area contributed by atoms with E-state index in [2.05, 4.69) is 47.5 Å². The molecule has 1 aliphatic carbocycles. The van der Waals surface area contributed by atoms with Crippen molar-refractivity contribution in [2.24, 2.45) is 5.92 Å². The monoisotopic (exact) mass is 358 g/mol. The maximum atomic E-state index is 6.14. The van der Waals surface area contributed by atoms with Gasteiger partial charge in [-0.25, -0.2) is 4.98 Å². The van der Waals surface area contributed by atoms with Gasteiger partial charge in [-0.15, -0.1) is 0 Å². The van der Waals surface area contributed by atoms with Crippen molar-refractivity contribution in [2.45, 2.75) is 19.3 Å². The van der Waals surface area contributed by atoms with Gasteiger partial charge in [-0.1, -0.05) is 66.2 Å². The second-order valence-corrected chi connectivity index (χ2v) is 7.61. The van der Waals surface area contributed by atoms with Crippen LogP contribution in [0.15, 0.2) is 78.5 Å². The zero-order valence-electron chi connectivity index (χ0n) is 14.5. The lowest BCUT2D eigenvalue weighted by Gasteiger charge is -2.27. The van der Waals surface area contributed by atoms with E-state index in [1.54, 1.807) is 0 Å². The fourth-order valence-corrected chi connectivity index (χ4v) is 4.44. The van der Waals surface area contributed by atoms with Gasteiger partial charge >= 0.3 is 0 Å². The molecule has 0 spiro atoms. The third kappa shape index (κ3) is 2.45. The van der Waals surface area contributed by atoms with E-state index >= 15 is 0 Å². The molecule has 5 rings (SSSR count). The highest BCUT2D eigenvalue weighted by Gasteiger charge is 2.34. The standard InChI is InChI=1S/C23H19ClN2/c1-15-11-18-13-22-25-14-21(16-5-3-2-4-6-16)26(22)23(20(18)12-15)17-7-9-19(24)10-8-17/h2-10,14,18H,1,11-13H2. The Morgan fingerprint density at radius 2 is 1.73 bits per heavy atom. The first-order valence-electron chi connectivity index (χ1n) is 8.99. The summed E-state index contributed by atoms with van der Waals surface area (Å²) in [6.45, 7) is 4.26. The summed E-state index contributed by atoms with van der Waals surface area (Å²) in [6, 6.07) is 18.7.